The lowest BCUT2D eigenvalue weighted by Gasteiger charge is -2.05. The Morgan fingerprint density at radius 1 is 0.826 bits per heavy atom. The van der Waals surface area contributed by atoms with Gasteiger partial charge in [0.05, 0.1) is 0 Å². The van der Waals surface area contributed by atoms with E-state index in [2.05, 4.69) is 4.99 Å². The molecule has 0 aromatic heterocycles. The van der Waals surface area contributed by atoms with E-state index in [1.807, 2.05) is 60.7 Å². The lowest BCUT2D eigenvalue weighted by atomic mass is 10.2. The Hall–Kier alpha value is -2.95. The van der Waals surface area contributed by atoms with E-state index in [1.54, 1.807) is 0 Å². The predicted octanol–water partition coefficient (Wildman–Crippen LogP) is 3.53. The molecular formula is C18H17NO4. The summed E-state index contributed by atoms with van der Waals surface area (Å²) in [6, 6.07) is 18.5. The highest BCUT2D eigenvalue weighted by Gasteiger charge is 2.11. The molecule has 23 heavy (non-hydrogen) atoms. The fourth-order valence-electron chi connectivity index (χ4n) is 1.76. The number of benzene rings is 2. The molecule has 0 unspecified atom stereocenters. The smallest absolute Gasteiger partial charge is 0.434 e. The first-order chi connectivity index (χ1) is 11.1. The van der Waals surface area contributed by atoms with Crippen LogP contribution in [0.2, 0.25) is 0 Å². The molecule has 118 valence electrons. The second-order valence-electron chi connectivity index (χ2n) is 4.80. The zero-order valence-electron chi connectivity index (χ0n) is 12.8. The summed E-state index contributed by atoms with van der Waals surface area (Å²) in [7, 11) is 0. The third-order valence-corrected chi connectivity index (χ3v) is 2.97. The van der Waals surface area contributed by atoms with Crippen LogP contribution in [-0.4, -0.2) is 17.8 Å². The zero-order chi connectivity index (χ0) is 16.5. The molecule has 0 aliphatic heterocycles. The summed E-state index contributed by atoms with van der Waals surface area (Å²) in [4.78, 5) is 26.9. The van der Waals surface area contributed by atoms with Crippen molar-refractivity contribution in [2.24, 2.45) is 4.99 Å². The number of aliphatic imine (C=N–C) groups is 1. The molecule has 0 heterocycles. The first kappa shape index (κ1) is 16.4. The number of hydrogen-bond acceptors (Lipinski definition) is 4. The minimum Gasteiger partial charge on any atom is -0.456 e. The molecule has 1 amide bonds. The molecule has 0 aliphatic carbocycles. The van der Waals surface area contributed by atoms with Gasteiger partial charge in [0, 0.05) is 0 Å². The van der Waals surface area contributed by atoms with Gasteiger partial charge in [-0.3, -0.25) is 0 Å². The van der Waals surface area contributed by atoms with Crippen LogP contribution in [0.5, 0.6) is 0 Å². The Labute approximate surface area is 134 Å². The highest BCUT2D eigenvalue weighted by Crippen LogP contribution is 2.03. The van der Waals surface area contributed by atoms with Crippen LogP contribution < -0.4 is 0 Å². The first-order valence-corrected chi connectivity index (χ1v) is 7.12. The summed E-state index contributed by atoms with van der Waals surface area (Å²) in [5, 5.41) is 0. The molecule has 0 spiro atoms. The van der Waals surface area contributed by atoms with Gasteiger partial charge in [-0.15, -0.1) is 0 Å². The SMILES string of the molecule is CC(=NC(=O)OCc1ccccc1)C(=O)OCc1ccccc1. The molecule has 2 aromatic rings. The number of amides is 1. The summed E-state index contributed by atoms with van der Waals surface area (Å²) in [5.74, 6) is -0.648. The quantitative estimate of drug-likeness (QED) is 0.626. The predicted molar refractivity (Wildman–Crippen MR) is 86.0 cm³/mol. The summed E-state index contributed by atoms with van der Waals surface area (Å²) < 4.78 is 10.1. The third-order valence-electron chi connectivity index (χ3n) is 2.97. The molecule has 0 bridgehead atoms. The number of nitrogens with zero attached hydrogens (tertiary/aromatic N) is 1. The second-order valence-corrected chi connectivity index (χ2v) is 4.80. The summed E-state index contributed by atoms with van der Waals surface area (Å²) in [6.45, 7) is 1.65. The molecule has 0 atom stereocenters. The number of carbonyl (C=O) groups excluding carboxylic acids is 2. The lowest BCUT2D eigenvalue weighted by molar-refractivity contribution is -0.136. The Kier molecular flexibility index (Phi) is 6.06. The lowest BCUT2D eigenvalue weighted by Crippen LogP contribution is -2.16. The van der Waals surface area contributed by atoms with Gasteiger partial charge in [0.2, 0.25) is 0 Å². The van der Waals surface area contributed by atoms with Crippen molar-refractivity contribution in [2.45, 2.75) is 20.1 Å². The van der Waals surface area contributed by atoms with E-state index < -0.39 is 12.1 Å². The van der Waals surface area contributed by atoms with Crippen molar-refractivity contribution in [1.29, 1.82) is 0 Å². The second kappa shape index (κ2) is 8.48. The van der Waals surface area contributed by atoms with Crippen molar-refractivity contribution in [1.82, 2.24) is 0 Å². The van der Waals surface area contributed by atoms with Gasteiger partial charge in [0.1, 0.15) is 18.9 Å². The number of ether oxygens (including phenoxy) is 2. The Balaban J connectivity index is 1.80. The molecular weight excluding hydrogens is 294 g/mol. The van der Waals surface area contributed by atoms with Crippen LogP contribution >= 0.6 is 0 Å². The molecule has 2 rings (SSSR count). The van der Waals surface area contributed by atoms with Gasteiger partial charge in [-0.1, -0.05) is 60.7 Å². The monoisotopic (exact) mass is 311 g/mol. The maximum Gasteiger partial charge on any atom is 0.434 e. The van der Waals surface area contributed by atoms with E-state index >= 15 is 0 Å². The van der Waals surface area contributed by atoms with E-state index in [4.69, 9.17) is 9.47 Å². The third kappa shape index (κ3) is 5.74. The van der Waals surface area contributed by atoms with Crippen molar-refractivity contribution in [3.05, 3.63) is 71.8 Å². The van der Waals surface area contributed by atoms with Gasteiger partial charge in [-0.05, 0) is 18.1 Å². The molecule has 0 radical (unpaired) electrons. The van der Waals surface area contributed by atoms with Crippen molar-refractivity contribution >= 4 is 17.8 Å². The fraction of sp³-hybridized carbons (Fsp3) is 0.167. The maximum atomic E-state index is 11.8. The number of rotatable bonds is 5. The molecule has 0 saturated carbocycles. The molecule has 5 nitrogen and oxygen atoms in total. The number of esters is 1. The van der Waals surface area contributed by atoms with E-state index in [-0.39, 0.29) is 18.9 Å². The van der Waals surface area contributed by atoms with Gasteiger partial charge in [-0.25, -0.2) is 9.59 Å². The van der Waals surface area contributed by atoms with E-state index in [0.29, 0.717) is 0 Å². The van der Waals surface area contributed by atoms with Gasteiger partial charge in [0.15, 0.2) is 0 Å². The van der Waals surface area contributed by atoms with Crippen LogP contribution in [0.15, 0.2) is 65.7 Å². The van der Waals surface area contributed by atoms with Crippen LogP contribution in [0.4, 0.5) is 4.79 Å². The summed E-state index contributed by atoms with van der Waals surface area (Å²) >= 11 is 0. The normalized spacial score (nSPS) is 10.9. The first-order valence-electron chi connectivity index (χ1n) is 7.12. The molecule has 0 fully saturated rings. The van der Waals surface area contributed by atoms with Gasteiger partial charge >= 0.3 is 12.1 Å². The largest absolute Gasteiger partial charge is 0.456 e. The number of carbonyl (C=O) groups is 2. The zero-order valence-corrected chi connectivity index (χ0v) is 12.8. The van der Waals surface area contributed by atoms with E-state index in [0.717, 1.165) is 11.1 Å². The topological polar surface area (TPSA) is 65.0 Å². The molecule has 0 saturated heterocycles. The molecule has 0 aliphatic rings. The Morgan fingerprint density at radius 3 is 1.83 bits per heavy atom. The van der Waals surface area contributed by atoms with Gasteiger partial charge in [-0.2, -0.15) is 4.99 Å². The van der Waals surface area contributed by atoms with Crippen molar-refractivity contribution in [3.63, 3.8) is 0 Å². The van der Waals surface area contributed by atoms with Crippen LogP contribution in [0.25, 0.3) is 0 Å². The molecule has 2 aromatic carbocycles. The highest BCUT2D eigenvalue weighted by molar-refractivity contribution is 6.36. The van der Waals surface area contributed by atoms with Crippen molar-refractivity contribution in [2.75, 3.05) is 0 Å². The highest BCUT2D eigenvalue weighted by atomic mass is 16.5. The van der Waals surface area contributed by atoms with Crippen LogP contribution in [-0.2, 0) is 27.5 Å². The van der Waals surface area contributed by atoms with E-state index in [9.17, 15) is 9.59 Å². The summed E-state index contributed by atoms with van der Waals surface area (Å²) in [6.07, 6.45) is -0.817. The average Bonchev–Trinajstić information content (AvgIpc) is 2.59. The summed E-state index contributed by atoms with van der Waals surface area (Å²) in [5.41, 5.74) is 1.67. The minimum atomic E-state index is -0.817. The van der Waals surface area contributed by atoms with Crippen LogP contribution in [0.3, 0.4) is 0 Å². The minimum absolute atomic E-state index is 0.0426. The fourth-order valence-corrected chi connectivity index (χ4v) is 1.76. The molecule has 5 heteroatoms. The maximum absolute atomic E-state index is 11.8. The van der Waals surface area contributed by atoms with Gasteiger partial charge < -0.3 is 9.47 Å². The Morgan fingerprint density at radius 2 is 1.30 bits per heavy atom. The van der Waals surface area contributed by atoms with Crippen molar-refractivity contribution < 1.29 is 19.1 Å². The van der Waals surface area contributed by atoms with Crippen LogP contribution in [0, 0.1) is 0 Å². The standard InChI is InChI=1S/C18H17NO4/c1-14(17(20)22-12-15-8-4-2-5-9-15)19-18(21)23-13-16-10-6-3-7-11-16/h2-11H,12-13H2,1H3. The van der Waals surface area contributed by atoms with Crippen molar-refractivity contribution in [3.8, 4) is 0 Å². The van der Waals surface area contributed by atoms with Crippen LogP contribution in [0.1, 0.15) is 18.1 Å². The van der Waals surface area contributed by atoms with Gasteiger partial charge in [0.25, 0.3) is 0 Å². The Bertz CT molecular complexity index is 681. The van der Waals surface area contributed by atoms with E-state index in [1.165, 1.54) is 6.92 Å². The molecule has 0 N–H and O–H groups in total. The number of hydrogen-bond donors (Lipinski definition) is 0. The average molecular weight is 311 g/mol.